The van der Waals surface area contributed by atoms with Gasteiger partial charge in [-0.2, -0.15) is 0 Å². The van der Waals surface area contributed by atoms with Crippen LogP contribution in [0.1, 0.15) is 11.8 Å². The number of rotatable bonds is 8. The highest BCUT2D eigenvalue weighted by Gasteiger charge is 2.00. The number of para-hydroxylation sites is 2. The van der Waals surface area contributed by atoms with Crippen LogP contribution in [0, 0.1) is 0 Å². The zero-order chi connectivity index (χ0) is 13.3. The van der Waals surface area contributed by atoms with Gasteiger partial charge in [0.1, 0.15) is 5.75 Å². The van der Waals surface area contributed by atoms with Crippen molar-refractivity contribution in [3.05, 3.63) is 46.7 Å². The molecule has 0 saturated carbocycles. The van der Waals surface area contributed by atoms with E-state index in [1.807, 2.05) is 31.2 Å². The van der Waals surface area contributed by atoms with Crippen LogP contribution < -0.4 is 15.4 Å². The Morgan fingerprint density at radius 2 is 2.00 bits per heavy atom. The van der Waals surface area contributed by atoms with Crippen molar-refractivity contribution in [3.8, 4) is 5.75 Å². The summed E-state index contributed by atoms with van der Waals surface area (Å²) in [4.78, 5) is 1.37. The van der Waals surface area contributed by atoms with E-state index in [0.29, 0.717) is 6.61 Å². The summed E-state index contributed by atoms with van der Waals surface area (Å²) in [5.74, 6) is 0.920. The second-order valence-electron chi connectivity index (χ2n) is 4.11. The summed E-state index contributed by atoms with van der Waals surface area (Å²) >= 11 is 1.78. The summed E-state index contributed by atoms with van der Waals surface area (Å²) in [5.41, 5.74) is 1.06. The number of thiophene rings is 1. The molecule has 0 fully saturated rings. The number of anilines is 1. The van der Waals surface area contributed by atoms with Crippen LogP contribution in [0.25, 0.3) is 0 Å². The SMILES string of the molecule is CCOc1ccccc1NCCNCc1cccs1. The molecule has 0 aliphatic rings. The Balaban J connectivity index is 1.70. The molecule has 2 rings (SSSR count). The lowest BCUT2D eigenvalue weighted by molar-refractivity contribution is 0.341. The Morgan fingerprint density at radius 3 is 2.79 bits per heavy atom. The van der Waals surface area contributed by atoms with Gasteiger partial charge in [0, 0.05) is 24.5 Å². The standard InChI is InChI=1S/C15H20N2OS/c1-2-18-15-8-4-3-7-14(15)17-10-9-16-12-13-6-5-11-19-13/h3-8,11,16-17H,2,9-10,12H2,1H3. The van der Waals surface area contributed by atoms with Gasteiger partial charge in [0.15, 0.2) is 0 Å². The maximum absolute atomic E-state index is 5.57. The lowest BCUT2D eigenvalue weighted by Gasteiger charge is -2.12. The predicted octanol–water partition coefficient (Wildman–Crippen LogP) is 3.35. The molecule has 0 saturated heterocycles. The van der Waals surface area contributed by atoms with Gasteiger partial charge in [-0.3, -0.25) is 0 Å². The molecule has 0 aliphatic carbocycles. The minimum atomic E-state index is 0.690. The van der Waals surface area contributed by atoms with E-state index < -0.39 is 0 Å². The Morgan fingerprint density at radius 1 is 1.11 bits per heavy atom. The van der Waals surface area contributed by atoms with Crippen molar-refractivity contribution in [1.82, 2.24) is 5.32 Å². The van der Waals surface area contributed by atoms with E-state index in [-0.39, 0.29) is 0 Å². The van der Waals surface area contributed by atoms with Crippen molar-refractivity contribution in [2.75, 3.05) is 25.0 Å². The van der Waals surface area contributed by atoms with Crippen LogP contribution in [-0.2, 0) is 6.54 Å². The molecule has 19 heavy (non-hydrogen) atoms. The van der Waals surface area contributed by atoms with Crippen molar-refractivity contribution in [1.29, 1.82) is 0 Å². The average Bonchev–Trinajstić information content (AvgIpc) is 2.94. The van der Waals surface area contributed by atoms with Gasteiger partial charge in [-0.15, -0.1) is 11.3 Å². The monoisotopic (exact) mass is 276 g/mol. The van der Waals surface area contributed by atoms with Crippen LogP contribution in [0.2, 0.25) is 0 Å². The molecule has 0 radical (unpaired) electrons. The molecule has 4 heteroatoms. The summed E-state index contributed by atoms with van der Waals surface area (Å²) in [6.45, 7) is 5.44. The third-order valence-electron chi connectivity index (χ3n) is 2.68. The van der Waals surface area contributed by atoms with Crippen molar-refractivity contribution in [2.24, 2.45) is 0 Å². The number of benzene rings is 1. The Labute approximate surface area is 118 Å². The van der Waals surface area contributed by atoms with Gasteiger partial charge < -0.3 is 15.4 Å². The van der Waals surface area contributed by atoms with Crippen LogP contribution in [-0.4, -0.2) is 19.7 Å². The van der Waals surface area contributed by atoms with Gasteiger partial charge in [-0.05, 0) is 30.5 Å². The summed E-state index contributed by atoms with van der Waals surface area (Å²) < 4.78 is 5.57. The first-order valence-electron chi connectivity index (χ1n) is 6.59. The average molecular weight is 276 g/mol. The molecular weight excluding hydrogens is 256 g/mol. The molecular formula is C15H20N2OS. The highest BCUT2D eigenvalue weighted by Crippen LogP contribution is 2.23. The molecule has 2 N–H and O–H groups in total. The van der Waals surface area contributed by atoms with Gasteiger partial charge in [-0.25, -0.2) is 0 Å². The van der Waals surface area contributed by atoms with Crippen LogP contribution in [0.15, 0.2) is 41.8 Å². The second-order valence-corrected chi connectivity index (χ2v) is 5.14. The van der Waals surface area contributed by atoms with E-state index in [2.05, 4.69) is 28.1 Å². The molecule has 0 spiro atoms. The first kappa shape index (κ1) is 13.9. The molecule has 1 aromatic heterocycles. The van der Waals surface area contributed by atoms with Crippen molar-refractivity contribution >= 4 is 17.0 Å². The smallest absolute Gasteiger partial charge is 0.142 e. The zero-order valence-electron chi connectivity index (χ0n) is 11.2. The van der Waals surface area contributed by atoms with Crippen LogP contribution in [0.4, 0.5) is 5.69 Å². The zero-order valence-corrected chi connectivity index (χ0v) is 12.0. The van der Waals surface area contributed by atoms with Crippen molar-refractivity contribution in [2.45, 2.75) is 13.5 Å². The molecule has 2 aromatic rings. The lowest BCUT2D eigenvalue weighted by Crippen LogP contribution is -2.21. The first-order valence-corrected chi connectivity index (χ1v) is 7.47. The van der Waals surface area contributed by atoms with Crippen LogP contribution in [0.5, 0.6) is 5.75 Å². The van der Waals surface area contributed by atoms with Crippen LogP contribution >= 0.6 is 11.3 Å². The molecule has 0 unspecified atom stereocenters. The summed E-state index contributed by atoms with van der Waals surface area (Å²) in [6.07, 6.45) is 0. The van der Waals surface area contributed by atoms with Gasteiger partial charge in [0.25, 0.3) is 0 Å². The number of hydrogen-bond donors (Lipinski definition) is 2. The minimum Gasteiger partial charge on any atom is -0.492 e. The molecule has 1 heterocycles. The third-order valence-corrected chi connectivity index (χ3v) is 3.56. The Hall–Kier alpha value is -1.52. The fourth-order valence-corrected chi connectivity index (χ4v) is 2.48. The second kappa shape index (κ2) is 7.81. The van der Waals surface area contributed by atoms with E-state index >= 15 is 0 Å². The maximum Gasteiger partial charge on any atom is 0.142 e. The fraction of sp³-hybridized carbons (Fsp3) is 0.333. The first-order chi connectivity index (χ1) is 9.40. The molecule has 1 aromatic carbocycles. The Kier molecular flexibility index (Phi) is 5.72. The summed E-state index contributed by atoms with van der Waals surface area (Å²) in [5, 5.41) is 8.92. The van der Waals surface area contributed by atoms with Gasteiger partial charge in [-0.1, -0.05) is 18.2 Å². The van der Waals surface area contributed by atoms with Crippen LogP contribution in [0.3, 0.4) is 0 Å². The summed E-state index contributed by atoms with van der Waals surface area (Å²) in [7, 11) is 0. The van der Waals surface area contributed by atoms with E-state index in [4.69, 9.17) is 4.74 Å². The van der Waals surface area contributed by atoms with Gasteiger partial charge in [0.2, 0.25) is 0 Å². The number of nitrogens with one attached hydrogen (secondary N) is 2. The number of hydrogen-bond acceptors (Lipinski definition) is 4. The Bertz CT molecular complexity index is 471. The largest absolute Gasteiger partial charge is 0.492 e. The van der Waals surface area contributed by atoms with Gasteiger partial charge >= 0.3 is 0 Å². The maximum atomic E-state index is 5.57. The normalized spacial score (nSPS) is 10.4. The number of ether oxygens (including phenoxy) is 1. The summed E-state index contributed by atoms with van der Waals surface area (Å²) in [6, 6.07) is 12.3. The van der Waals surface area contributed by atoms with Gasteiger partial charge in [0.05, 0.1) is 12.3 Å². The topological polar surface area (TPSA) is 33.3 Å². The molecule has 0 amide bonds. The predicted molar refractivity (Wildman–Crippen MR) is 82.1 cm³/mol. The highest BCUT2D eigenvalue weighted by atomic mass is 32.1. The fourth-order valence-electron chi connectivity index (χ4n) is 1.80. The minimum absolute atomic E-state index is 0.690. The third kappa shape index (κ3) is 4.58. The van der Waals surface area contributed by atoms with Crippen molar-refractivity contribution < 1.29 is 4.74 Å². The molecule has 0 bridgehead atoms. The quantitative estimate of drug-likeness (QED) is 0.725. The molecule has 102 valence electrons. The van der Waals surface area contributed by atoms with E-state index in [1.54, 1.807) is 11.3 Å². The van der Waals surface area contributed by atoms with Crippen molar-refractivity contribution in [3.63, 3.8) is 0 Å². The van der Waals surface area contributed by atoms with E-state index in [9.17, 15) is 0 Å². The van der Waals surface area contributed by atoms with E-state index in [1.165, 1.54) is 4.88 Å². The van der Waals surface area contributed by atoms with E-state index in [0.717, 1.165) is 31.1 Å². The molecule has 3 nitrogen and oxygen atoms in total. The molecule has 0 aliphatic heterocycles. The highest BCUT2D eigenvalue weighted by molar-refractivity contribution is 7.09. The lowest BCUT2D eigenvalue weighted by atomic mass is 10.3. The molecule has 0 atom stereocenters.